The summed E-state index contributed by atoms with van der Waals surface area (Å²) in [5.74, 6) is 0.473. The Morgan fingerprint density at radius 2 is 1.54 bits per heavy atom. The molecule has 0 radical (unpaired) electrons. The largest absolute Gasteiger partial charge is 0.512 e. The summed E-state index contributed by atoms with van der Waals surface area (Å²) in [5, 5.41) is 10.1. The quantitative estimate of drug-likeness (QED) is 0.173. The highest BCUT2D eigenvalue weighted by atomic mass is 28.4. The van der Waals surface area contributed by atoms with Crippen LogP contribution in [0, 0.1) is 12.3 Å². The average molecular weight is 653 g/mol. The second-order valence-corrected chi connectivity index (χ2v) is 18.0. The number of hydrogen-bond donors (Lipinski definition) is 1. The normalized spacial score (nSPS) is 24.7. The average Bonchev–Trinajstić information content (AvgIpc) is 3.02. The molecule has 1 aliphatic carbocycles. The summed E-state index contributed by atoms with van der Waals surface area (Å²) in [4.78, 5) is 39.5. The minimum atomic E-state index is -2.68. The number of benzene rings is 2. The zero-order valence-corrected chi connectivity index (χ0v) is 28.1. The molecule has 0 amide bonds. The first-order chi connectivity index (χ1) is 21.7. The summed E-state index contributed by atoms with van der Waals surface area (Å²) in [7, 11) is -2.68. The minimum absolute atomic E-state index is 0.0198. The maximum atomic E-state index is 13.5. The van der Waals surface area contributed by atoms with Gasteiger partial charge in [0.2, 0.25) is 6.29 Å². The molecule has 0 spiro atoms. The molecule has 5 atom stereocenters. The number of carboxylic acid groups (broad SMARTS) is 1. The van der Waals surface area contributed by atoms with Crippen LogP contribution in [0.2, 0.25) is 18.1 Å². The summed E-state index contributed by atoms with van der Waals surface area (Å²) in [6, 6.07) is 17.5. The standard InChI is InChI=1S/C35H44O10Si/c1-7-35(21-15-10-16-22-35)44-33(39)43-32-29(41-31(38)25-19-13-9-14-20-25)26(40-23-24-17-11-8-12-18-24)27(28(42-32)30(36)37)45-46(5,6)34(2,3)4/h1,8-9,11-14,17-20,26-29,32H,10,15-16,21-23H2,2-6H3,(H,36,37)/t26?,27?,28?,29?,32-/m0/s1. The topological polar surface area (TPSA) is 127 Å². The molecule has 1 saturated heterocycles. The van der Waals surface area contributed by atoms with Gasteiger partial charge in [-0.25, -0.2) is 14.4 Å². The van der Waals surface area contributed by atoms with Crippen LogP contribution in [0.1, 0.15) is 68.8 Å². The van der Waals surface area contributed by atoms with Crippen LogP contribution >= 0.6 is 0 Å². The summed E-state index contributed by atoms with van der Waals surface area (Å²) in [6.07, 6.45) is 0.762. The fourth-order valence-electron chi connectivity index (χ4n) is 5.27. The number of aliphatic carboxylic acids is 1. The molecule has 1 heterocycles. The fraction of sp³-hybridized carbons (Fsp3) is 0.514. The van der Waals surface area contributed by atoms with Gasteiger partial charge in [0, 0.05) is 0 Å². The van der Waals surface area contributed by atoms with Gasteiger partial charge in [0.25, 0.3) is 0 Å². The molecule has 248 valence electrons. The molecule has 2 fully saturated rings. The molecule has 0 aromatic heterocycles. The van der Waals surface area contributed by atoms with Gasteiger partial charge in [-0.05, 0) is 61.5 Å². The van der Waals surface area contributed by atoms with E-state index < -0.39 is 62.7 Å². The lowest BCUT2D eigenvalue weighted by Crippen LogP contribution is -2.65. The maximum absolute atomic E-state index is 13.5. The Kier molecular flexibility index (Phi) is 11.3. The van der Waals surface area contributed by atoms with Crippen LogP contribution in [0.4, 0.5) is 4.79 Å². The molecule has 4 unspecified atom stereocenters. The number of terminal acetylenes is 1. The Labute approximate surface area is 271 Å². The van der Waals surface area contributed by atoms with Crippen molar-refractivity contribution in [1.82, 2.24) is 0 Å². The molecule has 4 rings (SSSR count). The van der Waals surface area contributed by atoms with Crippen LogP contribution in [-0.4, -0.2) is 67.8 Å². The lowest BCUT2D eigenvalue weighted by Gasteiger charge is -2.48. The van der Waals surface area contributed by atoms with Gasteiger partial charge in [-0.2, -0.15) is 0 Å². The lowest BCUT2D eigenvalue weighted by molar-refractivity contribution is -0.289. The molecule has 11 heteroatoms. The molecular formula is C35H44O10Si. The third kappa shape index (κ3) is 8.56. The fourth-order valence-corrected chi connectivity index (χ4v) is 6.57. The Hall–Kier alpha value is -3.69. The number of carboxylic acids is 1. The molecule has 46 heavy (non-hydrogen) atoms. The van der Waals surface area contributed by atoms with Crippen molar-refractivity contribution in [3.8, 4) is 12.3 Å². The van der Waals surface area contributed by atoms with Crippen molar-refractivity contribution in [2.45, 2.75) is 114 Å². The van der Waals surface area contributed by atoms with Gasteiger partial charge in [-0.3, -0.25) is 0 Å². The van der Waals surface area contributed by atoms with Crippen molar-refractivity contribution < 1.29 is 47.6 Å². The molecule has 10 nitrogen and oxygen atoms in total. The lowest BCUT2D eigenvalue weighted by atomic mass is 9.85. The first kappa shape index (κ1) is 35.2. The smallest absolute Gasteiger partial charge is 0.479 e. The van der Waals surface area contributed by atoms with E-state index in [2.05, 4.69) is 5.92 Å². The van der Waals surface area contributed by atoms with Gasteiger partial charge in [0.05, 0.1) is 12.2 Å². The van der Waals surface area contributed by atoms with E-state index in [1.165, 1.54) is 0 Å². The van der Waals surface area contributed by atoms with Crippen LogP contribution in [0.25, 0.3) is 0 Å². The summed E-state index contributed by atoms with van der Waals surface area (Å²) in [5.41, 5.74) is -0.157. The van der Waals surface area contributed by atoms with Crippen molar-refractivity contribution in [2.24, 2.45) is 0 Å². The van der Waals surface area contributed by atoms with Crippen LogP contribution < -0.4 is 0 Å². The zero-order valence-electron chi connectivity index (χ0n) is 27.1. The molecular weight excluding hydrogens is 608 g/mol. The maximum Gasteiger partial charge on any atom is 0.512 e. The van der Waals surface area contributed by atoms with Gasteiger partial charge in [0.15, 0.2) is 26.1 Å². The van der Waals surface area contributed by atoms with E-state index in [-0.39, 0.29) is 17.2 Å². The number of esters is 1. The second kappa shape index (κ2) is 14.8. The molecule has 1 saturated carbocycles. The van der Waals surface area contributed by atoms with Crippen LogP contribution in [0.15, 0.2) is 60.7 Å². The van der Waals surface area contributed by atoms with Crippen molar-refractivity contribution >= 4 is 26.4 Å². The van der Waals surface area contributed by atoms with E-state index in [4.69, 9.17) is 34.5 Å². The van der Waals surface area contributed by atoms with Crippen molar-refractivity contribution in [1.29, 1.82) is 0 Å². The van der Waals surface area contributed by atoms with E-state index in [1.807, 2.05) is 64.2 Å². The number of hydrogen-bond acceptors (Lipinski definition) is 9. The van der Waals surface area contributed by atoms with Crippen molar-refractivity contribution in [2.75, 3.05) is 0 Å². The Morgan fingerprint density at radius 3 is 2.11 bits per heavy atom. The van der Waals surface area contributed by atoms with E-state index in [1.54, 1.807) is 30.3 Å². The van der Waals surface area contributed by atoms with Crippen molar-refractivity contribution in [3.63, 3.8) is 0 Å². The summed E-state index contributed by atoms with van der Waals surface area (Å²) < 4.78 is 36.2. The molecule has 2 aromatic rings. The van der Waals surface area contributed by atoms with Crippen LogP contribution in [-0.2, 0) is 39.5 Å². The van der Waals surface area contributed by atoms with E-state index in [0.29, 0.717) is 12.8 Å². The number of rotatable bonds is 10. The highest BCUT2D eigenvalue weighted by Crippen LogP contribution is 2.41. The van der Waals surface area contributed by atoms with Gasteiger partial charge in [-0.15, -0.1) is 6.42 Å². The van der Waals surface area contributed by atoms with Gasteiger partial charge in [-0.1, -0.05) is 81.6 Å². The molecule has 2 aliphatic rings. The zero-order chi connectivity index (χ0) is 33.5. The van der Waals surface area contributed by atoms with E-state index in [0.717, 1.165) is 24.8 Å². The monoisotopic (exact) mass is 652 g/mol. The van der Waals surface area contributed by atoms with Crippen LogP contribution in [0.3, 0.4) is 0 Å². The van der Waals surface area contributed by atoms with Gasteiger partial charge < -0.3 is 33.2 Å². The second-order valence-electron chi connectivity index (χ2n) is 13.3. The summed E-state index contributed by atoms with van der Waals surface area (Å²) in [6.45, 7) is 9.99. The first-order valence-electron chi connectivity index (χ1n) is 15.6. The predicted molar refractivity (Wildman–Crippen MR) is 171 cm³/mol. The van der Waals surface area contributed by atoms with Crippen LogP contribution in [0.5, 0.6) is 0 Å². The number of carbonyl (C=O) groups excluding carboxylic acids is 2. The highest BCUT2D eigenvalue weighted by Gasteiger charge is 2.56. The third-order valence-corrected chi connectivity index (χ3v) is 13.4. The van der Waals surface area contributed by atoms with E-state index >= 15 is 0 Å². The predicted octanol–water partition coefficient (Wildman–Crippen LogP) is 6.49. The molecule has 1 aliphatic heterocycles. The van der Waals surface area contributed by atoms with E-state index in [9.17, 15) is 19.5 Å². The number of carbonyl (C=O) groups is 3. The van der Waals surface area contributed by atoms with Gasteiger partial charge >= 0.3 is 18.1 Å². The Balaban J connectivity index is 1.74. The molecule has 2 aromatic carbocycles. The van der Waals surface area contributed by atoms with Gasteiger partial charge in [0.1, 0.15) is 12.2 Å². The third-order valence-electron chi connectivity index (χ3n) is 8.93. The number of ether oxygens (including phenoxy) is 5. The summed E-state index contributed by atoms with van der Waals surface area (Å²) >= 11 is 0. The first-order valence-corrected chi connectivity index (χ1v) is 18.5. The Morgan fingerprint density at radius 1 is 0.935 bits per heavy atom. The van der Waals surface area contributed by atoms with Crippen molar-refractivity contribution in [3.05, 3.63) is 71.8 Å². The highest BCUT2D eigenvalue weighted by molar-refractivity contribution is 6.74. The minimum Gasteiger partial charge on any atom is -0.479 e. The molecule has 1 N–H and O–H groups in total. The Bertz CT molecular complexity index is 1380. The molecule has 0 bridgehead atoms. The SMILES string of the molecule is C#CC1(OC(=O)O[C@@H]2OC(C(=O)O)C(O[Si](C)(C)C(C)(C)C)C(OCc3ccccc3)C2OC(=O)c2ccccc2)CCCCC1.